The molecule has 1 aliphatic rings. The molecule has 1 aromatic rings. The van der Waals surface area contributed by atoms with Crippen molar-refractivity contribution in [1.29, 1.82) is 0 Å². The first-order chi connectivity index (χ1) is 10.5. The van der Waals surface area contributed by atoms with E-state index in [2.05, 4.69) is 0 Å². The Hall–Kier alpha value is -1.59. The lowest BCUT2D eigenvalue weighted by Gasteiger charge is -2.34. The summed E-state index contributed by atoms with van der Waals surface area (Å²) in [6, 6.07) is 4.71. The van der Waals surface area contributed by atoms with E-state index in [1.807, 2.05) is 11.8 Å². The van der Waals surface area contributed by atoms with Gasteiger partial charge < -0.3 is 15.4 Å². The number of hydrogen-bond donors (Lipinski definition) is 1. The summed E-state index contributed by atoms with van der Waals surface area (Å²) < 4.78 is 18.5. The minimum absolute atomic E-state index is 0. The van der Waals surface area contributed by atoms with Crippen molar-refractivity contribution < 1.29 is 13.9 Å². The molecule has 1 saturated heterocycles. The van der Waals surface area contributed by atoms with Crippen LogP contribution in [0.15, 0.2) is 24.3 Å². The third-order valence-electron chi connectivity index (χ3n) is 4.11. The summed E-state index contributed by atoms with van der Waals surface area (Å²) in [6.07, 6.45) is 5.16. The van der Waals surface area contributed by atoms with Crippen LogP contribution in [0, 0.1) is 11.7 Å². The van der Waals surface area contributed by atoms with Crippen LogP contribution in [0.2, 0.25) is 0 Å². The van der Waals surface area contributed by atoms with Gasteiger partial charge in [-0.2, -0.15) is 0 Å². The number of carbonyl (C=O) groups excluding carboxylic acids is 1. The van der Waals surface area contributed by atoms with Crippen LogP contribution < -0.4 is 10.5 Å². The number of likely N-dealkylation sites (tertiary alicyclic amines) is 1. The lowest BCUT2D eigenvalue weighted by molar-refractivity contribution is -0.127. The van der Waals surface area contributed by atoms with Gasteiger partial charge in [0.25, 0.3) is 0 Å². The van der Waals surface area contributed by atoms with E-state index >= 15 is 0 Å². The molecule has 0 aromatic heterocycles. The predicted molar refractivity (Wildman–Crippen MR) is 92.2 cm³/mol. The van der Waals surface area contributed by atoms with E-state index in [1.54, 1.807) is 18.2 Å². The van der Waals surface area contributed by atoms with Crippen molar-refractivity contribution in [3.05, 3.63) is 35.7 Å². The maximum absolute atomic E-state index is 13.6. The first-order valence-corrected chi connectivity index (χ1v) is 7.57. The second-order valence-electron chi connectivity index (χ2n) is 5.77. The Morgan fingerprint density at radius 3 is 2.87 bits per heavy atom. The summed E-state index contributed by atoms with van der Waals surface area (Å²) in [6.45, 7) is 3.43. The molecule has 2 atom stereocenters. The number of nitrogens with zero attached hydrogens (tertiary/aromatic N) is 1. The van der Waals surface area contributed by atoms with E-state index in [0.29, 0.717) is 18.0 Å². The summed E-state index contributed by atoms with van der Waals surface area (Å²) >= 11 is 0. The fourth-order valence-corrected chi connectivity index (χ4v) is 2.70. The van der Waals surface area contributed by atoms with Crippen molar-refractivity contribution in [2.45, 2.75) is 25.8 Å². The Kier molecular flexibility index (Phi) is 7.52. The molecule has 1 aromatic carbocycles. The lowest BCUT2D eigenvalue weighted by atomic mass is 9.92. The van der Waals surface area contributed by atoms with Crippen LogP contribution in [0.4, 0.5) is 4.39 Å². The van der Waals surface area contributed by atoms with E-state index < -0.39 is 5.82 Å². The van der Waals surface area contributed by atoms with Gasteiger partial charge in [-0.05, 0) is 49.5 Å². The van der Waals surface area contributed by atoms with Crippen molar-refractivity contribution in [2.24, 2.45) is 11.7 Å². The molecule has 1 amide bonds. The minimum Gasteiger partial charge on any atom is -0.494 e. The number of carbonyl (C=O) groups is 1. The first-order valence-electron chi connectivity index (χ1n) is 7.57. The van der Waals surface area contributed by atoms with Gasteiger partial charge >= 0.3 is 0 Å². The van der Waals surface area contributed by atoms with Crippen LogP contribution in [0.3, 0.4) is 0 Å². The van der Waals surface area contributed by atoms with Gasteiger partial charge in [-0.1, -0.05) is 6.07 Å². The molecule has 2 unspecified atom stereocenters. The SMILES string of the molecule is COc1ccc(C=CC(=O)N2CCCC(C(C)N)C2)cc1F.Cl. The van der Waals surface area contributed by atoms with E-state index in [0.717, 1.165) is 19.4 Å². The van der Waals surface area contributed by atoms with Crippen LogP contribution in [-0.2, 0) is 4.79 Å². The minimum atomic E-state index is -0.438. The molecule has 2 N–H and O–H groups in total. The number of rotatable bonds is 4. The van der Waals surface area contributed by atoms with Gasteiger partial charge in [0.1, 0.15) is 0 Å². The molecule has 6 heteroatoms. The van der Waals surface area contributed by atoms with Gasteiger partial charge in [0.05, 0.1) is 7.11 Å². The van der Waals surface area contributed by atoms with Crippen molar-refractivity contribution in [3.8, 4) is 5.75 Å². The molecular weight excluding hydrogens is 319 g/mol. The van der Waals surface area contributed by atoms with Crippen molar-refractivity contribution in [2.75, 3.05) is 20.2 Å². The number of piperidine rings is 1. The average Bonchev–Trinajstić information content (AvgIpc) is 2.52. The van der Waals surface area contributed by atoms with Crippen molar-refractivity contribution >= 4 is 24.4 Å². The predicted octanol–water partition coefficient (Wildman–Crippen LogP) is 2.86. The van der Waals surface area contributed by atoms with E-state index in [9.17, 15) is 9.18 Å². The quantitative estimate of drug-likeness (QED) is 0.856. The molecule has 2 rings (SSSR count). The number of hydrogen-bond acceptors (Lipinski definition) is 3. The third kappa shape index (κ3) is 5.22. The monoisotopic (exact) mass is 342 g/mol. The third-order valence-corrected chi connectivity index (χ3v) is 4.11. The molecule has 1 fully saturated rings. The molecule has 0 bridgehead atoms. The van der Waals surface area contributed by atoms with Gasteiger partial charge in [0, 0.05) is 25.2 Å². The summed E-state index contributed by atoms with van der Waals surface area (Å²) in [5.74, 6) is 0.0532. The zero-order valence-electron chi connectivity index (χ0n) is 13.5. The fourth-order valence-electron chi connectivity index (χ4n) is 2.70. The van der Waals surface area contributed by atoms with Crippen LogP contribution in [0.5, 0.6) is 5.75 Å². The molecule has 23 heavy (non-hydrogen) atoms. The highest BCUT2D eigenvalue weighted by atomic mass is 35.5. The van der Waals surface area contributed by atoms with Gasteiger partial charge in [0.15, 0.2) is 11.6 Å². The number of halogens is 2. The van der Waals surface area contributed by atoms with Gasteiger partial charge in [0.2, 0.25) is 5.91 Å². The Bertz CT molecular complexity index is 564. The average molecular weight is 343 g/mol. The molecule has 1 heterocycles. The summed E-state index contributed by atoms with van der Waals surface area (Å²) in [7, 11) is 1.42. The highest BCUT2D eigenvalue weighted by molar-refractivity contribution is 5.91. The maximum Gasteiger partial charge on any atom is 0.246 e. The van der Waals surface area contributed by atoms with Crippen LogP contribution in [-0.4, -0.2) is 37.0 Å². The molecular formula is C17H24ClFN2O2. The van der Waals surface area contributed by atoms with Gasteiger partial charge in [-0.3, -0.25) is 4.79 Å². The molecule has 0 spiro atoms. The second-order valence-corrected chi connectivity index (χ2v) is 5.77. The Labute approximate surface area is 142 Å². The topological polar surface area (TPSA) is 55.6 Å². The number of ether oxygens (including phenoxy) is 1. The summed E-state index contributed by atoms with van der Waals surface area (Å²) in [4.78, 5) is 14.0. The molecule has 0 saturated carbocycles. The smallest absolute Gasteiger partial charge is 0.246 e. The van der Waals surface area contributed by atoms with E-state index in [4.69, 9.17) is 10.5 Å². The summed E-state index contributed by atoms with van der Waals surface area (Å²) in [5, 5.41) is 0. The Morgan fingerprint density at radius 1 is 1.52 bits per heavy atom. The molecule has 128 valence electrons. The van der Waals surface area contributed by atoms with Gasteiger partial charge in [-0.25, -0.2) is 4.39 Å². The molecule has 4 nitrogen and oxygen atoms in total. The summed E-state index contributed by atoms with van der Waals surface area (Å²) in [5.41, 5.74) is 6.56. The van der Waals surface area contributed by atoms with Crippen molar-refractivity contribution in [1.82, 2.24) is 4.90 Å². The highest BCUT2D eigenvalue weighted by Gasteiger charge is 2.24. The Morgan fingerprint density at radius 2 is 2.26 bits per heavy atom. The number of amides is 1. The largest absolute Gasteiger partial charge is 0.494 e. The second kappa shape index (κ2) is 8.89. The number of nitrogens with two attached hydrogens (primary N) is 1. The molecule has 0 aliphatic carbocycles. The zero-order chi connectivity index (χ0) is 16.1. The standard InChI is InChI=1S/C17H23FN2O2.ClH/c1-12(19)14-4-3-9-20(11-14)17(21)8-6-13-5-7-16(22-2)15(18)10-13;/h5-8,10,12,14H,3-4,9,11,19H2,1-2H3;1H. The highest BCUT2D eigenvalue weighted by Crippen LogP contribution is 2.20. The number of benzene rings is 1. The molecule has 1 aliphatic heterocycles. The lowest BCUT2D eigenvalue weighted by Crippen LogP contribution is -2.44. The molecule has 0 radical (unpaired) electrons. The zero-order valence-corrected chi connectivity index (χ0v) is 14.3. The number of methoxy groups -OCH3 is 1. The van der Waals surface area contributed by atoms with Crippen LogP contribution >= 0.6 is 12.4 Å². The van der Waals surface area contributed by atoms with Crippen LogP contribution in [0.1, 0.15) is 25.3 Å². The van der Waals surface area contributed by atoms with Crippen LogP contribution in [0.25, 0.3) is 6.08 Å². The first kappa shape index (κ1) is 19.5. The fraction of sp³-hybridized carbons (Fsp3) is 0.471. The van der Waals surface area contributed by atoms with E-state index in [1.165, 1.54) is 19.3 Å². The van der Waals surface area contributed by atoms with E-state index in [-0.39, 0.29) is 30.1 Å². The Balaban J connectivity index is 0.00000264. The van der Waals surface area contributed by atoms with Gasteiger partial charge in [-0.15, -0.1) is 12.4 Å². The normalized spacial score (nSPS) is 19.3. The van der Waals surface area contributed by atoms with Crippen molar-refractivity contribution in [3.63, 3.8) is 0 Å². The maximum atomic E-state index is 13.6.